The lowest BCUT2D eigenvalue weighted by molar-refractivity contribution is 0.272. The van der Waals surface area contributed by atoms with Crippen LogP contribution in [0.25, 0.3) is 0 Å². The second kappa shape index (κ2) is 4.90. The normalized spacial score (nSPS) is 10.7. The zero-order valence-corrected chi connectivity index (χ0v) is 10.1. The van der Waals surface area contributed by atoms with Gasteiger partial charge in [-0.2, -0.15) is 4.37 Å². The predicted octanol–water partition coefficient (Wildman–Crippen LogP) is 2.63. The monoisotopic (exact) mass is 256 g/mol. The van der Waals surface area contributed by atoms with Crippen molar-refractivity contribution >= 4 is 23.3 Å². The molecule has 0 amide bonds. The molecular formula is C10H9FN2OS2. The first-order valence-electron chi connectivity index (χ1n) is 4.57. The van der Waals surface area contributed by atoms with Gasteiger partial charge in [-0.25, -0.2) is 9.37 Å². The molecule has 1 aromatic heterocycles. The Hall–Kier alpha value is -0.980. The Morgan fingerprint density at radius 3 is 2.94 bits per heavy atom. The van der Waals surface area contributed by atoms with E-state index in [1.165, 1.54) is 29.4 Å². The number of nitrogens with zero attached hydrogens (tertiary/aromatic N) is 2. The Labute approximate surface area is 101 Å². The molecule has 1 heterocycles. The van der Waals surface area contributed by atoms with Gasteiger partial charge in [-0.05, 0) is 30.6 Å². The molecule has 0 spiro atoms. The molecule has 0 aliphatic carbocycles. The third kappa shape index (κ3) is 2.40. The Balaban J connectivity index is 2.30. The fourth-order valence-corrected chi connectivity index (χ4v) is 2.95. The molecule has 0 bridgehead atoms. The number of aryl methyl sites for hydroxylation is 1. The first-order valence-corrected chi connectivity index (χ1v) is 6.16. The van der Waals surface area contributed by atoms with Crippen LogP contribution in [-0.2, 0) is 6.61 Å². The van der Waals surface area contributed by atoms with Gasteiger partial charge in [-0.1, -0.05) is 17.8 Å². The molecule has 2 rings (SSSR count). The van der Waals surface area contributed by atoms with Crippen molar-refractivity contribution in [3.8, 4) is 0 Å². The van der Waals surface area contributed by atoms with Crippen molar-refractivity contribution in [2.24, 2.45) is 0 Å². The van der Waals surface area contributed by atoms with Gasteiger partial charge in [-0.15, -0.1) is 0 Å². The van der Waals surface area contributed by atoms with E-state index in [1.54, 1.807) is 19.1 Å². The molecule has 1 aromatic carbocycles. The Morgan fingerprint density at radius 2 is 2.31 bits per heavy atom. The van der Waals surface area contributed by atoms with E-state index in [2.05, 4.69) is 9.36 Å². The smallest absolute Gasteiger partial charge is 0.174 e. The molecule has 0 saturated carbocycles. The molecule has 16 heavy (non-hydrogen) atoms. The molecule has 6 heteroatoms. The number of hydrogen-bond donors (Lipinski definition) is 1. The van der Waals surface area contributed by atoms with E-state index < -0.39 is 5.82 Å². The van der Waals surface area contributed by atoms with Crippen LogP contribution >= 0.6 is 23.3 Å². The van der Waals surface area contributed by atoms with E-state index in [0.717, 1.165) is 4.34 Å². The van der Waals surface area contributed by atoms with Crippen LogP contribution < -0.4 is 0 Å². The maximum absolute atomic E-state index is 13.4. The molecule has 84 valence electrons. The molecule has 3 nitrogen and oxygen atoms in total. The molecule has 1 N–H and O–H groups in total. The van der Waals surface area contributed by atoms with Crippen molar-refractivity contribution < 1.29 is 9.50 Å². The lowest BCUT2D eigenvalue weighted by Gasteiger charge is -2.05. The highest BCUT2D eigenvalue weighted by Crippen LogP contribution is 2.32. The summed E-state index contributed by atoms with van der Waals surface area (Å²) < 4.78 is 18.1. The number of benzene rings is 1. The minimum atomic E-state index is -0.395. The van der Waals surface area contributed by atoms with Gasteiger partial charge in [0.2, 0.25) is 0 Å². The third-order valence-electron chi connectivity index (χ3n) is 1.94. The van der Waals surface area contributed by atoms with Crippen LogP contribution in [0.3, 0.4) is 0 Å². The number of halogens is 1. The summed E-state index contributed by atoms with van der Waals surface area (Å²) in [7, 11) is 0. The summed E-state index contributed by atoms with van der Waals surface area (Å²) in [5.74, 6) is 0.309. The van der Waals surface area contributed by atoms with Gasteiger partial charge in [0.1, 0.15) is 11.6 Å². The fraction of sp³-hybridized carbons (Fsp3) is 0.200. The van der Waals surface area contributed by atoms with Crippen molar-refractivity contribution in [1.29, 1.82) is 0 Å². The van der Waals surface area contributed by atoms with Crippen molar-refractivity contribution in [1.82, 2.24) is 9.36 Å². The van der Waals surface area contributed by atoms with Crippen LogP contribution in [0.15, 0.2) is 27.4 Å². The summed E-state index contributed by atoms with van der Waals surface area (Å²) in [4.78, 5) is 4.86. The summed E-state index contributed by atoms with van der Waals surface area (Å²) in [5.41, 5.74) is 0.306. The van der Waals surface area contributed by atoms with E-state index in [4.69, 9.17) is 5.11 Å². The van der Waals surface area contributed by atoms with E-state index in [-0.39, 0.29) is 6.61 Å². The van der Waals surface area contributed by atoms with Gasteiger partial charge in [-0.3, -0.25) is 0 Å². The summed E-state index contributed by atoms with van der Waals surface area (Å²) in [6.45, 7) is 1.49. The highest BCUT2D eigenvalue weighted by atomic mass is 32.2. The van der Waals surface area contributed by atoms with Crippen LogP contribution in [0.1, 0.15) is 11.4 Å². The Kier molecular flexibility index (Phi) is 3.52. The quantitative estimate of drug-likeness (QED) is 0.917. The van der Waals surface area contributed by atoms with Crippen molar-refractivity contribution in [2.75, 3.05) is 0 Å². The summed E-state index contributed by atoms with van der Waals surface area (Å²) >= 11 is 2.59. The molecule has 0 saturated heterocycles. The molecule has 0 aliphatic heterocycles. The highest BCUT2D eigenvalue weighted by Gasteiger charge is 2.10. The molecule has 0 unspecified atom stereocenters. The number of aliphatic hydroxyl groups is 1. The van der Waals surface area contributed by atoms with E-state index in [1.807, 2.05) is 0 Å². The summed E-state index contributed by atoms with van der Waals surface area (Å²) in [5, 5.41) is 9.10. The molecular weight excluding hydrogens is 247 g/mol. The van der Waals surface area contributed by atoms with Gasteiger partial charge in [0, 0.05) is 10.5 Å². The number of hydrogen-bond acceptors (Lipinski definition) is 5. The second-order valence-corrected chi connectivity index (χ2v) is 5.13. The minimum Gasteiger partial charge on any atom is -0.392 e. The van der Waals surface area contributed by atoms with Gasteiger partial charge in [0.05, 0.1) is 6.61 Å². The van der Waals surface area contributed by atoms with Gasteiger partial charge in [0.25, 0.3) is 0 Å². The first-order chi connectivity index (χ1) is 7.70. The average molecular weight is 256 g/mol. The van der Waals surface area contributed by atoms with Crippen LogP contribution in [-0.4, -0.2) is 14.5 Å². The van der Waals surface area contributed by atoms with Crippen LogP contribution in [0, 0.1) is 12.7 Å². The Bertz CT molecular complexity index is 501. The lowest BCUT2D eigenvalue weighted by Crippen LogP contribution is -1.92. The van der Waals surface area contributed by atoms with E-state index in [0.29, 0.717) is 16.3 Å². The van der Waals surface area contributed by atoms with Gasteiger partial charge in [0.15, 0.2) is 4.34 Å². The second-order valence-electron chi connectivity index (χ2n) is 3.08. The zero-order chi connectivity index (χ0) is 11.5. The van der Waals surface area contributed by atoms with Crippen LogP contribution in [0.5, 0.6) is 0 Å². The van der Waals surface area contributed by atoms with Crippen molar-refractivity contribution in [2.45, 2.75) is 22.8 Å². The standard InChI is InChI=1S/C10H9FN2OS2/c1-6-12-10(16-13-6)15-9-4-2-3-8(11)7(9)5-14/h2-4,14H,5H2,1H3. The Morgan fingerprint density at radius 1 is 1.50 bits per heavy atom. The summed E-state index contributed by atoms with van der Waals surface area (Å²) in [6, 6.07) is 4.71. The maximum atomic E-state index is 13.4. The third-order valence-corrected chi connectivity index (χ3v) is 3.89. The van der Waals surface area contributed by atoms with Gasteiger partial charge >= 0.3 is 0 Å². The molecule has 0 fully saturated rings. The number of rotatable bonds is 3. The first kappa shape index (κ1) is 11.5. The van der Waals surface area contributed by atoms with Gasteiger partial charge < -0.3 is 5.11 Å². The summed E-state index contributed by atoms with van der Waals surface area (Å²) in [6.07, 6.45) is 0. The lowest BCUT2D eigenvalue weighted by atomic mass is 10.2. The minimum absolute atomic E-state index is 0.306. The molecule has 0 radical (unpaired) electrons. The number of aromatic nitrogens is 2. The number of aliphatic hydroxyl groups excluding tert-OH is 1. The van der Waals surface area contributed by atoms with Crippen molar-refractivity contribution in [3.05, 3.63) is 35.4 Å². The van der Waals surface area contributed by atoms with E-state index in [9.17, 15) is 4.39 Å². The highest BCUT2D eigenvalue weighted by molar-refractivity contribution is 8.01. The topological polar surface area (TPSA) is 46.0 Å². The molecule has 0 atom stereocenters. The van der Waals surface area contributed by atoms with Crippen molar-refractivity contribution in [3.63, 3.8) is 0 Å². The predicted molar refractivity (Wildman–Crippen MR) is 61.1 cm³/mol. The maximum Gasteiger partial charge on any atom is 0.174 e. The van der Waals surface area contributed by atoms with Crippen LogP contribution in [0.2, 0.25) is 0 Å². The average Bonchev–Trinajstić information content (AvgIpc) is 2.64. The van der Waals surface area contributed by atoms with Crippen LogP contribution in [0.4, 0.5) is 4.39 Å². The zero-order valence-electron chi connectivity index (χ0n) is 8.48. The largest absolute Gasteiger partial charge is 0.392 e. The van der Waals surface area contributed by atoms with E-state index >= 15 is 0 Å². The SMILES string of the molecule is Cc1nsc(Sc2cccc(F)c2CO)n1. The fourth-order valence-electron chi connectivity index (χ4n) is 1.20. The molecule has 0 aliphatic rings. The molecule has 2 aromatic rings.